The van der Waals surface area contributed by atoms with Crippen molar-refractivity contribution in [3.63, 3.8) is 0 Å². The van der Waals surface area contributed by atoms with E-state index in [4.69, 9.17) is 9.57 Å². The molecule has 1 heterocycles. The highest BCUT2D eigenvalue weighted by molar-refractivity contribution is 6.01. The zero-order valence-corrected chi connectivity index (χ0v) is 15.2. The van der Waals surface area contributed by atoms with E-state index < -0.39 is 0 Å². The molecule has 1 amide bonds. The molecule has 1 aromatic carbocycles. The number of nitrogens with zero attached hydrogens (tertiary/aromatic N) is 2. The lowest BCUT2D eigenvalue weighted by molar-refractivity contribution is -0.146. The molecular formula is C19H26N2O4. The van der Waals surface area contributed by atoms with Crippen molar-refractivity contribution in [2.75, 3.05) is 19.7 Å². The van der Waals surface area contributed by atoms with Crippen LogP contribution >= 0.6 is 0 Å². The Hall–Kier alpha value is -2.37. The van der Waals surface area contributed by atoms with Gasteiger partial charge in [0, 0.05) is 19.4 Å². The third-order valence-corrected chi connectivity index (χ3v) is 4.12. The summed E-state index contributed by atoms with van der Waals surface area (Å²) in [5.41, 5.74) is 3.15. The second-order valence-electron chi connectivity index (χ2n) is 6.07. The van der Waals surface area contributed by atoms with Gasteiger partial charge in [0.2, 0.25) is 5.91 Å². The summed E-state index contributed by atoms with van der Waals surface area (Å²) in [5, 5.41) is 4.17. The predicted octanol–water partition coefficient (Wildman–Crippen LogP) is 2.68. The van der Waals surface area contributed by atoms with Crippen LogP contribution in [0.2, 0.25) is 0 Å². The van der Waals surface area contributed by atoms with Gasteiger partial charge in [0.25, 0.3) is 0 Å². The molecule has 1 unspecified atom stereocenters. The fraction of sp³-hybridized carbons (Fsp3) is 0.526. The van der Waals surface area contributed by atoms with Crippen LogP contribution in [-0.4, -0.2) is 48.3 Å². The first-order valence-electron chi connectivity index (χ1n) is 8.76. The van der Waals surface area contributed by atoms with E-state index in [0.29, 0.717) is 26.1 Å². The molecule has 6 nitrogen and oxygen atoms in total. The van der Waals surface area contributed by atoms with Crippen LogP contribution in [0.5, 0.6) is 0 Å². The minimum Gasteiger partial charge on any atom is -0.466 e. The number of rotatable bonds is 8. The Kier molecular flexibility index (Phi) is 6.98. The normalized spacial score (nSPS) is 16.1. The lowest BCUT2D eigenvalue weighted by Crippen LogP contribution is -2.37. The number of carbonyl (C=O) groups excluding carboxylic acids is 2. The first-order valence-corrected chi connectivity index (χ1v) is 8.76. The van der Waals surface area contributed by atoms with Crippen LogP contribution in [0.3, 0.4) is 0 Å². The van der Waals surface area contributed by atoms with Crippen molar-refractivity contribution in [1.29, 1.82) is 0 Å². The Balaban J connectivity index is 1.83. The molecule has 0 aliphatic carbocycles. The van der Waals surface area contributed by atoms with Crippen LogP contribution in [0.1, 0.15) is 44.2 Å². The monoisotopic (exact) mass is 346 g/mol. The number of ether oxygens (including phenoxy) is 1. The van der Waals surface area contributed by atoms with Crippen molar-refractivity contribution < 1.29 is 19.2 Å². The number of amides is 1. The van der Waals surface area contributed by atoms with Crippen LogP contribution in [0.15, 0.2) is 29.4 Å². The Labute approximate surface area is 148 Å². The molecule has 1 aliphatic rings. The zero-order chi connectivity index (χ0) is 18.2. The molecule has 0 saturated carbocycles. The van der Waals surface area contributed by atoms with Crippen LogP contribution < -0.4 is 0 Å². The van der Waals surface area contributed by atoms with Crippen molar-refractivity contribution >= 4 is 17.6 Å². The maximum atomic E-state index is 12.3. The van der Waals surface area contributed by atoms with Crippen LogP contribution in [0, 0.1) is 6.92 Å². The second kappa shape index (κ2) is 9.20. The SMILES string of the molecule is CCOC(=O)CCC(=O)N(CC)CC1CC(c2ccc(C)cc2)=NO1. The van der Waals surface area contributed by atoms with Crippen molar-refractivity contribution in [2.24, 2.45) is 5.16 Å². The highest BCUT2D eigenvalue weighted by Gasteiger charge is 2.26. The molecule has 0 radical (unpaired) electrons. The van der Waals surface area contributed by atoms with Gasteiger partial charge in [0.15, 0.2) is 6.10 Å². The lowest BCUT2D eigenvalue weighted by Gasteiger charge is -2.23. The van der Waals surface area contributed by atoms with Crippen LogP contribution in [0.25, 0.3) is 0 Å². The van der Waals surface area contributed by atoms with Crippen molar-refractivity contribution in [2.45, 2.75) is 46.1 Å². The summed E-state index contributed by atoms with van der Waals surface area (Å²) in [6.07, 6.45) is 0.790. The number of oxime groups is 1. The Morgan fingerprint density at radius 3 is 2.60 bits per heavy atom. The number of hydrogen-bond donors (Lipinski definition) is 0. The van der Waals surface area contributed by atoms with Gasteiger partial charge in [-0.05, 0) is 26.3 Å². The fourth-order valence-electron chi connectivity index (χ4n) is 2.70. The third-order valence-electron chi connectivity index (χ3n) is 4.12. The molecule has 0 N–H and O–H groups in total. The predicted molar refractivity (Wildman–Crippen MR) is 95.3 cm³/mol. The molecule has 0 bridgehead atoms. The van der Waals surface area contributed by atoms with E-state index in [0.717, 1.165) is 11.3 Å². The van der Waals surface area contributed by atoms with Gasteiger partial charge in [-0.15, -0.1) is 0 Å². The minimum absolute atomic E-state index is 0.0667. The largest absolute Gasteiger partial charge is 0.466 e. The highest BCUT2D eigenvalue weighted by Crippen LogP contribution is 2.18. The first kappa shape index (κ1) is 19.0. The van der Waals surface area contributed by atoms with Gasteiger partial charge in [-0.25, -0.2) is 0 Å². The molecule has 0 aromatic heterocycles. The molecule has 0 saturated heterocycles. The van der Waals surface area contributed by atoms with Crippen molar-refractivity contribution in [1.82, 2.24) is 4.90 Å². The fourth-order valence-corrected chi connectivity index (χ4v) is 2.70. The van der Waals surface area contributed by atoms with Gasteiger partial charge in [0.05, 0.1) is 25.3 Å². The maximum absolute atomic E-state index is 12.3. The molecule has 6 heteroatoms. The summed E-state index contributed by atoms with van der Waals surface area (Å²) in [4.78, 5) is 30.9. The Bertz CT molecular complexity index is 625. The lowest BCUT2D eigenvalue weighted by atomic mass is 10.0. The number of carbonyl (C=O) groups is 2. The van der Waals surface area contributed by atoms with Gasteiger partial charge < -0.3 is 14.5 Å². The molecule has 0 fully saturated rings. The van der Waals surface area contributed by atoms with Gasteiger partial charge in [0.1, 0.15) is 0 Å². The van der Waals surface area contributed by atoms with Gasteiger partial charge in [-0.3, -0.25) is 9.59 Å². The van der Waals surface area contributed by atoms with Crippen LogP contribution in [-0.2, 0) is 19.2 Å². The number of aryl methyl sites for hydroxylation is 1. The number of benzene rings is 1. The van der Waals surface area contributed by atoms with Gasteiger partial charge in [-0.2, -0.15) is 0 Å². The average Bonchev–Trinajstić information content (AvgIpc) is 3.07. The van der Waals surface area contributed by atoms with E-state index in [1.807, 2.05) is 38.1 Å². The number of likely N-dealkylation sites (N-methyl/N-ethyl adjacent to an activating group) is 1. The summed E-state index contributed by atoms with van der Waals surface area (Å²) in [6.45, 7) is 7.08. The summed E-state index contributed by atoms with van der Waals surface area (Å²) >= 11 is 0. The first-order chi connectivity index (χ1) is 12.0. The molecule has 25 heavy (non-hydrogen) atoms. The number of esters is 1. The van der Waals surface area contributed by atoms with E-state index >= 15 is 0 Å². The molecule has 0 spiro atoms. The summed E-state index contributed by atoms with van der Waals surface area (Å²) in [5.74, 6) is -0.406. The zero-order valence-electron chi connectivity index (χ0n) is 15.2. The Morgan fingerprint density at radius 1 is 1.24 bits per heavy atom. The van der Waals surface area contributed by atoms with Gasteiger partial charge in [-0.1, -0.05) is 35.0 Å². The van der Waals surface area contributed by atoms with E-state index in [9.17, 15) is 9.59 Å². The molecule has 136 valence electrons. The van der Waals surface area contributed by atoms with E-state index in [1.165, 1.54) is 5.56 Å². The van der Waals surface area contributed by atoms with E-state index in [1.54, 1.807) is 11.8 Å². The second-order valence-corrected chi connectivity index (χ2v) is 6.07. The minimum atomic E-state index is -0.339. The summed E-state index contributed by atoms with van der Waals surface area (Å²) in [7, 11) is 0. The smallest absolute Gasteiger partial charge is 0.306 e. The third kappa shape index (κ3) is 5.59. The molecule has 1 aliphatic heterocycles. The van der Waals surface area contributed by atoms with Crippen molar-refractivity contribution in [3.05, 3.63) is 35.4 Å². The molecule has 2 rings (SSSR count). The molecule has 1 aromatic rings. The summed E-state index contributed by atoms with van der Waals surface area (Å²) in [6, 6.07) is 8.15. The van der Waals surface area contributed by atoms with E-state index in [2.05, 4.69) is 5.16 Å². The molecular weight excluding hydrogens is 320 g/mol. The standard InChI is InChI=1S/C19H26N2O4/c1-4-21(18(22)10-11-19(23)24-5-2)13-16-12-17(20-25-16)15-8-6-14(3)7-9-15/h6-9,16H,4-5,10-13H2,1-3H3. The van der Waals surface area contributed by atoms with Crippen molar-refractivity contribution in [3.8, 4) is 0 Å². The number of hydrogen-bond acceptors (Lipinski definition) is 5. The quantitative estimate of drug-likeness (QED) is 0.679. The topological polar surface area (TPSA) is 68.2 Å². The molecule has 1 atom stereocenters. The highest BCUT2D eigenvalue weighted by atomic mass is 16.6. The maximum Gasteiger partial charge on any atom is 0.306 e. The summed E-state index contributed by atoms with van der Waals surface area (Å²) < 4.78 is 4.86. The average molecular weight is 346 g/mol. The van der Waals surface area contributed by atoms with E-state index in [-0.39, 0.29) is 30.8 Å². The van der Waals surface area contributed by atoms with Crippen LogP contribution in [0.4, 0.5) is 0 Å². The van der Waals surface area contributed by atoms with Gasteiger partial charge >= 0.3 is 5.97 Å². The Morgan fingerprint density at radius 2 is 1.96 bits per heavy atom.